The van der Waals surface area contributed by atoms with Gasteiger partial charge >= 0.3 is 5.97 Å². The molecule has 0 radical (unpaired) electrons. The van der Waals surface area contributed by atoms with Crippen LogP contribution in [0, 0.1) is 5.92 Å². The van der Waals surface area contributed by atoms with E-state index in [-0.39, 0.29) is 5.97 Å². The number of carbonyl (C=O) groups is 1. The van der Waals surface area contributed by atoms with E-state index < -0.39 is 0 Å². The molecule has 154 valence electrons. The summed E-state index contributed by atoms with van der Waals surface area (Å²) < 4.78 is 4.89. The highest BCUT2D eigenvalue weighted by molar-refractivity contribution is 5.89. The first-order valence-corrected chi connectivity index (χ1v) is 11.4. The maximum Gasteiger partial charge on any atom is 0.337 e. The first-order valence-electron chi connectivity index (χ1n) is 11.4. The molecule has 28 heavy (non-hydrogen) atoms. The zero-order valence-corrected chi connectivity index (χ0v) is 17.4. The maximum absolute atomic E-state index is 11.9. The number of carbonyl (C=O) groups excluding carboxylic acids is 1. The molecule has 1 unspecified atom stereocenters. The van der Waals surface area contributed by atoms with E-state index in [1.807, 2.05) is 12.1 Å². The molecular formula is C24H36N2O2. The number of nitrogens with one attached hydrogen (secondary N) is 1. The molecule has 4 rings (SSSR count). The van der Waals surface area contributed by atoms with Crippen LogP contribution in [0.25, 0.3) is 0 Å². The quantitative estimate of drug-likeness (QED) is 0.560. The van der Waals surface area contributed by atoms with Crippen LogP contribution in [0.5, 0.6) is 0 Å². The normalized spacial score (nSPS) is 28.4. The van der Waals surface area contributed by atoms with Crippen molar-refractivity contribution in [3.8, 4) is 0 Å². The number of hydrogen-bond donors (Lipinski definition) is 1. The monoisotopic (exact) mass is 384 g/mol. The maximum atomic E-state index is 11.9. The van der Waals surface area contributed by atoms with Gasteiger partial charge in [0.15, 0.2) is 0 Å². The predicted molar refractivity (Wildman–Crippen MR) is 113 cm³/mol. The summed E-state index contributed by atoms with van der Waals surface area (Å²) in [5.41, 5.74) is 2.00. The van der Waals surface area contributed by atoms with Crippen molar-refractivity contribution >= 4 is 5.97 Å². The van der Waals surface area contributed by atoms with E-state index in [1.165, 1.54) is 83.6 Å². The fourth-order valence-electron chi connectivity index (χ4n) is 5.85. The lowest BCUT2D eigenvalue weighted by Crippen LogP contribution is -2.45. The van der Waals surface area contributed by atoms with Crippen molar-refractivity contribution in [2.45, 2.75) is 75.8 Å². The Morgan fingerprint density at radius 1 is 1.11 bits per heavy atom. The molecule has 1 saturated carbocycles. The number of ether oxygens (including phenoxy) is 1. The summed E-state index contributed by atoms with van der Waals surface area (Å²) in [7, 11) is 1.45. The van der Waals surface area contributed by atoms with Crippen LogP contribution in [0.15, 0.2) is 24.3 Å². The lowest BCUT2D eigenvalue weighted by Gasteiger charge is -2.39. The fraction of sp³-hybridized carbons (Fsp3) is 0.708. The van der Waals surface area contributed by atoms with Crippen molar-refractivity contribution in [1.82, 2.24) is 10.2 Å². The van der Waals surface area contributed by atoms with E-state index in [0.29, 0.717) is 23.6 Å². The minimum Gasteiger partial charge on any atom is -0.465 e. The summed E-state index contributed by atoms with van der Waals surface area (Å²) in [6.45, 7) is 3.54. The summed E-state index contributed by atoms with van der Waals surface area (Å²) in [5.74, 6) is 1.26. The van der Waals surface area contributed by atoms with Crippen molar-refractivity contribution in [2.24, 2.45) is 5.92 Å². The molecule has 0 amide bonds. The number of hydrogen-bond acceptors (Lipinski definition) is 4. The van der Waals surface area contributed by atoms with E-state index in [4.69, 9.17) is 4.74 Å². The van der Waals surface area contributed by atoms with Crippen molar-refractivity contribution < 1.29 is 9.53 Å². The van der Waals surface area contributed by atoms with E-state index in [1.54, 1.807) is 0 Å². The average Bonchev–Trinajstić information content (AvgIpc) is 2.98. The number of piperidine rings is 1. The average molecular weight is 385 g/mol. The van der Waals surface area contributed by atoms with Gasteiger partial charge in [0.05, 0.1) is 12.7 Å². The van der Waals surface area contributed by atoms with Crippen LogP contribution in [0.1, 0.15) is 79.6 Å². The zero-order valence-electron chi connectivity index (χ0n) is 17.4. The van der Waals surface area contributed by atoms with Crippen LogP contribution in [-0.4, -0.2) is 49.7 Å². The fourth-order valence-corrected chi connectivity index (χ4v) is 5.85. The van der Waals surface area contributed by atoms with Gasteiger partial charge in [-0.25, -0.2) is 4.79 Å². The Morgan fingerprint density at radius 2 is 1.86 bits per heavy atom. The summed E-state index contributed by atoms with van der Waals surface area (Å²) in [5, 5.41) is 3.75. The van der Waals surface area contributed by atoms with Gasteiger partial charge in [-0.15, -0.1) is 0 Å². The second kappa shape index (κ2) is 9.41. The molecule has 1 aromatic rings. The zero-order chi connectivity index (χ0) is 19.3. The van der Waals surface area contributed by atoms with Gasteiger partial charge in [-0.1, -0.05) is 31.4 Å². The SMILES string of the molecule is COC(=O)c1cccc(C2C[C@H]3CC[C@@H](C2)N3CCNCC2CCCCC2)c1. The van der Waals surface area contributed by atoms with Crippen molar-refractivity contribution in [2.75, 3.05) is 26.7 Å². The van der Waals surface area contributed by atoms with Gasteiger partial charge in [-0.3, -0.25) is 4.90 Å². The Kier molecular flexibility index (Phi) is 6.69. The Bertz CT molecular complexity index is 642. The Hall–Kier alpha value is -1.39. The molecule has 2 aliphatic heterocycles. The van der Waals surface area contributed by atoms with Crippen molar-refractivity contribution in [3.05, 3.63) is 35.4 Å². The number of benzene rings is 1. The largest absolute Gasteiger partial charge is 0.465 e. The molecule has 0 aromatic heterocycles. The van der Waals surface area contributed by atoms with Crippen LogP contribution in [0.4, 0.5) is 0 Å². The van der Waals surface area contributed by atoms with Gasteiger partial charge in [0.2, 0.25) is 0 Å². The third-order valence-electron chi connectivity index (χ3n) is 7.37. The van der Waals surface area contributed by atoms with Crippen LogP contribution in [0.3, 0.4) is 0 Å². The number of fused-ring (bicyclic) bond motifs is 2. The lowest BCUT2D eigenvalue weighted by atomic mass is 9.84. The minimum atomic E-state index is -0.230. The molecule has 2 saturated heterocycles. The smallest absolute Gasteiger partial charge is 0.337 e. The molecular weight excluding hydrogens is 348 g/mol. The molecule has 2 heterocycles. The molecule has 0 spiro atoms. The number of nitrogens with zero attached hydrogens (tertiary/aromatic N) is 1. The van der Waals surface area contributed by atoms with Gasteiger partial charge in [0, 0.05) is 25.2 Å². The van der Waals surface area contributed by atoms with E-state index in [2.05, 4.69) is 22.3 Å². The standard InChI is InChI=1S/C24H36N2O2/c1-28-24(27)20-9-5-8-19(14-20)21-15-22-10-11-23(16-21)26(22)13-12-25-17-18-6-3-2-4-7-18/h5,8-9,14,18,21-23,25H,2-4,6-7,10-13,15-17H2,1H3/t21?,22-,23+. The van der Waals surface area contributed by atoms with Gasteiger partial charge in [-0.05, 0) is 74.6 Å². The molecule has 3 atom stereocenters. The van der Waals surface area contributed by atoms with E-state index >= 15 is 0 Å². The topological polar surface area (TPSA) is 41.6 Å². The number of rotatable bonds is 7. The lowest BCUT2D eigenvalue weighted by molar-refractivity contribution is 0.0600. The highest BCUT2D eigenvalue weighted by Gasteiger charge is 2.40. The van der Waals surface area contributed by atoms with Gasteiger partial charge in [0.25, 0.3) is 0 Å². The highest BCUT2D eigenvalue weighted by atomic mass is 16.5. The molecule has 4 nitrogen and oxygen atoms in total. The Balaban J connectivity index is 1.28. The molecule has 3 fully saturated rings. The molecule has 1 aromatic carbocycles. The van der Waals surface area contributed by atoms with Crippen LogP contribution in [0.2, 0.25) is 0 Å². The van der Waals surface area contributed by atoms with Gasteiger partial charge in [0.1, 0.15) is 0 Å². The third kappa shape index (κ3) is 4.60. The molecule has 2 bridgehead atoms. The number of methoxy groups -OCH3 is 1. The summed E-state index contributed by atoms with van der Waals surface area (Å²) >= 11 is 0. The van der Waals surface area contributed by atoms with Crippen LogP contribution in [-0.2, 0) is 4.74 Å². The second-order valence-electron chi connectivity index (χ2n) is 9.12. The molecule has 1 N–H and O–H groups in total. The summed E-state index contributed by atoms with van der Waals surface area (Å²) in [6.07, 6.45) is 12.3. The Labute approximate surface area is 170 Å². The molecule has 3 aliphatic rings. The summed E-state index contributed by atoms with van der Waals surface area (Å²) in [4.78, 5) is 14.6. The molecule has 1 aliphatic carbocycles. The highest BCUT2D eigenvalue weighted by Crippen LogP contribution is 2.42. The summed E-state index contributed by atoms with van der Waals surface area (Å²) in [6, 6.07) is 9.53. The number of esters is 1. The van der Waals surface area contributed by atoms with Crippen LogP contribution >= 0.6 is 0 Å². The van der Waals surface area contributed by atoms with Crippen molar-refractivity contribution in [3.63, 3.8) is 0 Å². The van der Waals surface area contributed by atoms with Crippen molar-refractivity contribution in [1.29, 1.82) is 0 Å². The van der Waals surface area contributed by atoms with Crippen LogP contribution < -0.4 is 5.32 Å². The Morgan fingerprint density at radius 3 is 2.57 bits per heavy atom. The van der Waals surface area contributed by atoms with Gasteiger partial charge in [-0.2, -0.15) is 0 Å². The molecule has 4 heteroatoms. The third-order valence-corrected chi connectivity index (χ3v) is 7.37. The first-order chi connectivity index (χ1) is 13.7. The first kappa shape index (κ1) is 19.9. The van der Waals surface area contributed by atoms with E-state index in [9.17, 15) is 4.79 Å². The van der Waals surface area contributed by atoms with E-state index in [0.717, 1.165) is 12.5 Å². The minimum absolute atomic E-state index is 0.230. The second-order valence-corrected chi connectivity index (χ2v) is 9.12. The van der Waals surface area contributed by atoms with Gasteiger partial charge < -0.3 is 10.1 Å². The predicted octanol–water partition coefficient (Wildman–Crippen LogP) is 4.35.